The number of hydrogen-bond acceptors (Lipinski definition) is 6. The van der Waals surface area contributed by atoms with Gasteiger partial charge in [-0.1, -0.05) is 0 Å². The minimum atomic E-state index is -0.249. The van der Waals surface area contributed by atoms with E-state index >= 15 is 0 Å². The van der Waals surface area contributed by atoms with Crippen molar-refractivity contribution in [1.82, 2.24) is 15.0 Å². The van der Waals surface area contributed by atoms with Gasteiger partial charge in [0.2, 0.25) is 5.88 Å². The third-order valence-electron chi connectivity index (χ3n) is 6.23. The lowest BCUT2D eigenvalue weighted by Crippen LogP contribution is -2.47. The molecule has 160 valence electrons. The van der Waals surface area contributed by atoms with Crippen molar-refractivity contribution >= 4 is 5.82 Å². The first-order valence-electron chi connectivity index (χ1n) is 10.7. The van der Waals surface area contributed by atoms with Crippen LogP contribution in [0.3, 0.4) is 0 Å². The first-order valence-corrected chi connectivity index (χ1v) is 10.7. The Balaban J connectivity index is 1.34. The van der Waals surface area contributed by atoms with Gasteiger partial charge in [0, 0.05) is 31.1 Å². The molecule has 2 aliphatic rings. The summed E-state index contributed by atoms with van der Waals surface area (Å²) in [5.41, 5.74) is 1.75. The molecule has 3 aromatic rings. The highest BCUT2D eigenvalue weighted by Crippen LogP contribution is 2.42. The highest BCUT2D eigenvalue weighted by atomic mass is 19.1. The van der Waals surface area contributed by atoms with Crippen molar-refractivity contribution in [3.05, 3.63) is 66.0 Å². The first-order chi connectivity index (χ1) is 15.1. The van der Waals surface area contributed by atoms with Gasteiger partial charge < -0.3 is 14.4 Å². The summed E-state index contributed by atoms with van der Waals surface area (Å²) in [7, 11) is 0. The predicted octanol–water partition coefficient (Wildman–Crippen LogP) is 5.00. The molecule has 2 bridgehead atoms. The normalized spacial score (nSPS) is 22.4. The van der Waals surface area contributed by atoms with E-state index in [1.165, 1.54) is 12.1 Å². The van der Waals surface area contributed by atoms with E-state index in [1.807, 2.05) is 26.0 Å². The highest BCUT2D eigenvalue weighted by Gasteiger charge is 2.43. The van der Waals surface area contributed by atoms with Crippen LogP contribution >= 0.6 is 0 Å². The second kappa shape index (κ2) is 8.13. The van der Waals surface area contributed by atoms with Crippen molar-refractivity contribution in [1.29, 1.82) is 0 Å². The number of fused-ring (bicyclic) bond motifs is 2. The van der Waals surface area contributed by atoms with Crippen molar-refractivity contribution in [2.75, 3.05) is 4.90 Å². The Hall–Kier alpha value is -3.22. The zero-order chi connectivity index (χ0) is 21.4. The molecule has 31 heavy (non-hydrogen) atoms. The van der Waals surface area contributed by atoms with Crippen molar-refractivity contribution in [3.63, 3.8) is 0 Å². The van der Waals surface area contributed by atoms with Gasteiger partial charge in [0.05, 0.1) is 11.3 Å². The van der Waals surface area contributed by atoms with Gasteiger partial charge in [0.15, 0.2) is 5.75 Å². The number of hydrogen-bond donors (Lipinski definition) is 0. The predicted molar refractivity (Wildman–Crippen MR) is 115 cm³/mol. The average molecular weight is 420 g/mol. The van der Waals surface area contributed by atoms with E-state index in [2.05, 4.69) is 19.9 Å². The summed E-state index contributed by atoms with van der Waals surface area (Å²) in [5.74, 6) is 2.66. The monoisotopic (exact) mass is 420 g/mol. The molecule has 1 unspecified atom stereocenters. The van der Waals surface area contributed by atoms with E-state index in [-0.39, 0.29) is 11.9 Å². The summed E-state index contributed by atoms with van der Waals surface area (Å²) in [6.07, 6.45) is 7.48. The van der Waals surface area contributed by atoms with Crippen LogP contribution in [0.4, 0.5) is 10.2 Å². The van der Waals surface area contributed by atoms with E-state index in [1.54, 1.807) is 24.7 Å². The summed E-state index contributed by atoms with van der Waals surface area (Å²) in [4.78, 5) is 15.7. The molecule has 7 heteroatoms. The summed E-state index contributed by atoms with van der Waals surface area (Å²) in [6.45, 7) is 3.93. The maximum Gasteiger partial charge on any atom is 0.227 e. The molecular formula is C24H25FN4O2. The maximum absolute atomic E-state index is 13.2. The Morgan fingerprint density at radius 3 is 2.42 bits per heavy atom. The molecule has 0 saturated carbocycles. The Morgan fingerprint density at radius 1 is 0.968 bits per heavy atom. The van der Waals surface area contributed by atoms with Crippen molar-refractivity contribution in [2.24, 2.45) is 0 Å². The molecule has 5 rings (SSSR count). The van der Waals surface area contributed by atoms with Crippen LogP contribution in [0.25, 0.3) is 0 Å². The first kappa shape index (κ1) is 19.7. The zero-order valence-corrected chi connectivity index (χ0v) is 17.7. The minimum Gasteiger partial charge on any atom is -0.490 e. The number of halogens is 1. The summed E-state index contributed by atoms with van der Waals surface area (Å²) < 4.78 is 25.4. The topological polar surface area (TPSA) is 60.4 Å². The number of aryl methyl sites for hydroxylation is 1. The summed E-state index contributed by atoms with van der Waals surface area (Å²) in [6, 6.07) is 10.7. The number of ether oxygens (including phenoxy) is 2. The molecule has 0 amide bonds. The molecule has 0 aliphatic carbocycles. The SMILES string of the molecule is Cc1ncccc1Oc1ncnc(N2[C@@H]3CC[C@H]2CC(Oc2ccc(F)cc2)C3)c1C. The molecule has 0 spiro atoms. The van der Waals surface area contributed by atoms with Gasteiger partial charge in [-0.2, -0.15) is 0 Å². The average Bonchev–Trinajstić information content (AvgIpc) is 3.02. The van der Waals surface area contributed by atoms with Gasteiger partial charge in [0.25, 0.3) is 0 Å². The molecule has 2 aromatic heterocycles. The molecule has 2 fully saturated rings. The molecule has 3 atom stereocenters. The van der Waals surface area contributed by atoms with Crippen LogP contribution in [0, 0.1) is 19.7 Å². The number of anilines is 1. The molecule has 0 radical (unpaired) electrons. The third kappa shape index (κ3) is 3.92. The fourth-order valence-electron chi connectivity index (χ4n) is 4.74. The summed E-state index contributed by atoms with van der Waals surface area (Å²) >= 11 is 0. The molecular weight excluding hydrogens is 395 g/mol. The van der Waals surface area contributed by atoms with Crippen LogP contribution in [0.1, 0.15) is 36.9 Å². The molecule has 4 heterocycles. The van der Waals surface area contributed by atoms with E-state index in [0.29, 0.717) is 23.7 Å². The van der Waals surface area contributed by atoms with E-state index in [9.17, 15) is 4.39 Å². The standard InChI is InChI=1S/C24H25FN4O2/c1-15-23(27-14-28-24(15)31-22-4-3-11-26-16(22)2)29-18-7-8-19(29)13-21(12-18)30-20-9-5-17(25)6-10-20/h3-6,9-11,14,18-19,21H,7-8,12-13H2,1-2H3/t18-,19+,21?. The molecule has 2 aliphatic heterocycles. The number of nitrogens with zero attached hydrogens (tertiary/aromatic N) is 4. The van der Waals surface area contributed by atoms with Crippen LogP contribution in [-0.2, 0) is 0 Å². The van der Waals surface area contributed by atoms with Gasteiger partial charge in [-0.25, -0.2) is 14.4 Å². The fraction of sp³-hybridized carbons (Fsp3) is 0.375. The van der Waals surface area contributed by atoms with Gasteiger partial charge in [-0.15, -0.1) is 0 Å². The quantitative estimate of drug-likeness (QED) is 0.579. The lowest BCUT2D eigenvalue weighted by Gasteiger charge is -2.40. The second-order valence-corrected chi connectivity index (χ2v) is 8.27. The smallest absolute Gasteiger partial charge is 0.227 e. The Morgan fingerprint density at radius 2 is 1.71 bits per heavy atom. The maximum atomic E-state index is 13.2. The number of rotatable bonds is 5. The van der Waals surface area contributed by atoms with Crippen LogP contribution in [-0.4, -0.2) is 33.1 Å². The Kier molecular flexibility index (Phi) is 5.18. The zero-order valence-electron chi connectivity index (χ0n) is 17.7. The number of aromatic nitrogens is 3. The van der Waals surface area contributed by atoms with Gasteiger partial charge in [-0.3, -0.25) is 4.98 Å². The van der Waals surface area contributed by atoms with Crippen LogP contribution in [0.2, 0.25) is 0 Å². The van der Waals surface area contributed by atoms with Crippen molar-refractivity contribution < 1.29 is 13.9 Å². The number of piperidine rings is 1. The number of pyridine rings is 1. The number of benzene rings is 1. The highest BCUT2D eigenvalue weighted by molar-refractivity contribution is 5.54. The fourth-order valence-corrected chi connectivity index (χ4v) is 4.74. The third-order valence-corrected chi connectivity index (χ3v) is 6.23. The summed E-state index contributed by atoms with van der Waals surface area (Å²) in [5, 5.41) is 0. The molecule has 2 saturated heterocycles. The van der Waals surface area contributed by atoms with Gasteiger partial charge in [0.1, 0.15) is 29.8 Å². The Labute approximate surface area is 181 Å². The van der Waals surface area contributed by atoms with Crippen molar-refractivity contribution in [3.8, 4) is 17.4 Å². The Bertz CT molecular complexity index is 1060. The van der Waals surface area contributed by atoms with Crippen LogP contribution in [0.5, 0.6) is 17.4 Å². The minimum absolute atomic E-state index is 0.120. The lowest BCUT2D eigenvalue weighted by molar-refractivity contribution is 0.150. The second-order valence-electron chi connectivity index (χ2n) is 8.27. The van der Waals surface area contributed by atoms with Crippen LogP contribution < -0.4 is 14.4 Å². The van der Waals surface area contributed by atoms with E-state index < -0.39 is 0 Å². The van der Waals surface area contributed by atoms with Crippen LogP contribution in [0.15, 0.2) is 48.9 Å². The molecule has 1 aromatic carbocycles. The van der Waals surface area contributed by atoms with Gasteiger partial charge >= 0.3 is 0 Å². The molecule has 6 nitrogen and oxygen atoms in total. The largest absolute Gasteiger partial charge is 0.490 e. The van der Waals surface area contributed by atoms with E-state index in [0.717, 1.165) is 48.5 Å². The lowest BCUT2D eigenvalue weighted by atomic mass is 9.99. The van der Waals surface area contributed by atoms with E-state index in [4.69, 9.17) is 9.47 Å². The van der Waals surface area contributed by atoms with Crippen molar-refractivity contribution in [2.45, 2.75) is 57.7 Å². The van der Waals surface area contributed by atoms with Gasteiger partial charge in [-0.05, 0) is 63.1 Å². The molecule has 0 N–H and O–H groups in total.